The van der Waals surface area contributed by atoms with Crippen molar-refractivity contribution in [2.45, 2.75) is 0 Å². The molecule has 2 aromatic carbocycles. The van der Waals surface area contributed by atoms with Crippen molar-refractivity contribution in [1.82, 2.24) is 0 Å². The Hall–Kier alpha value is -3.23. The van der Waals surface area contributed by atoms with Crippen LogP contribution in [0.25, 0.3) is 11.6 Å². The second kappa shape index (κ2) is 8.24. The van der Waals surface area contributed by atoms with Crippen LogP contribution in [0.2, 0.25) is 0 Å². The van der Waals surface area contributed by atoms with Crippen LogP contribution in [0.4, 0.5) is 5.69 Å². The minimum absolute atomic E-state index is 0.102. The summed E-state index contributed by atoms with van der Waals surface area (Å²) < 4.78 is 15.3. The zero-order valence-electron chi connectivity index (χ0n) is 14.4. The number of anilines is 1. The monoisotopic (exact) mass is 360 g/mol. The normalized spacial score (nSPS) is 11.0. The summed E-state index contributed by atoms with van der Waals surface area (Å²) in [6.07, 6.45) is 1.24. The second-order valence-corrected chi connectivity index (χ2v) is 5.13. The molecule has 0 heterocycles. The molecule has 0 radical (unpaired) electrons. The Morgan fingerprint density at radius 1 is 1.00 bits per heavy atom. The predicted octanol–water partition coefficient (Wildman–Crippen LogP) is 1.59. The topological polar surface area (TPSA) is 112 Å². The average Bonchev–Trinajstić information content (AvgIpc) is 2.65. The molecule has 0 amide bonds. The molecule has 0 aromatic heterocycles. The van der Waals surface area contributed by atoms with E-state index in [0.717, 1.165) is 0 Å². The van der Waals surface area contributed by atoms with Crippen molar-refractivity contribution < 1.29 is 34.5 Å². The van der Waals surface area contributed by atoms with Crippen molar-refractivity contribution in [2.75, 3.05) is 26.6 Å². The van der Waals surface area contributed by atoms with Gasteiger partial charge in [-0.15, -0.1) is 5.23 Å². The Kier molecular flexibility index (Phi) is 6.05. The molecule has 0 saturated carbocycles. The van der Waals surface area contributed by atoms with Crippen molar-refractivity contribution in [3.8, 4) is 17.2 Å². The van der Waals surface area contributed by atoms with E-state index >= 15 is 0 Å². The van der Waals surface area contributed by atoms with Crippen LogP contribution >= 0.6 is 0 Å². The third-order valence-electron chi connectivity index (χ3n) is 3.67. The number of benzene rings is 2. The number of nitrogens with zero attached hydrogens (tertiary/aromatic N) is 1. The predicted molar refractivity (Wildman–Crippen MR) is 91.5 cm³/mol. The summed E-state index contributed by atoms with van der Waals surface area (Å²) in [4.78, 5) is 11.6. The number of aliphatic carboxylic acids is 1. The highest BCUT2D eigenvalue weighted by molar-refractivity contribution is 6.20. The van der Waals surface area contributed by atoms with Gasteiger partial charge in [-0.25, -0.2) is 0 Å². The standard InChI is InChI=1S/C18H19NO7/c1-24-13-6-4-11(5-7-13)14(18(20)21)8-12-9-16(25-2)17(26-3)10-15(12)19(22)23/h4-10,22-23H,1-3H3,(H,20,21)/p-1/b14-8+. The lowest BCUT2D eigenvalue weighted by Crippen LogP contribution is -2.23. The molecule has 0 unspecified atom stereocenters. The number of methoxy groups -OCH3 is 3. The largest absolute Gasteiger partial charge is 0.545 e. The van der Waals surface area contributed by atoms with Crippen molar-refractivity contribution in [3.63, 3.8) is 0 Å². The summed E-state index contributed by atoms with van der Waals surface area (Å²) in [5.41, 5.74) is 0.259. The highest BCUT2D eigenvalue weighted by Gasteiger charge is 2.15. The lowest BCUT2D eigenvalue weighted by atomic mass is 10.0. The summed E-state index contributed by atoms with van der Waals surface area (Å²) in [6, 6.07) is 9.02. The van der Waals surface area contributed by atoms with Gasteiger partial charge in [0.15, 0.2) is 11.5 Å². The lowest BCUT2D eigenvalue weighted by Gasteiger charge is -2.17. The molecule has 2 rings (SSSR count). The van der Waals surface area contributed by atoms with Crippen LogP contribution in [0, 0.1) is 0 Å². The van der Waals surface area contributed by atoms with Crippen LogP contribution in [0.3, 0.4) is 0 Å². The maximum absolute atomic E-state index is 11.6. The van der Waals surface area contributed by atoms with Gasteiger partial charge in [0.1, 0.15) is 11.4 Å². The van der Waals surface area contributed by atoms with E-state index in [2.05, 4.69) is 0 Å². The number of carboxylic acid groups (broad SMARTS) is 1. The molecule has 2 N–H and O–H groups in total. The van der Waals surface area contributed by atoms with E-state index in [9.17, 15) is 20.3 Å². The van der Waals surface area contributed by atoms with Gasteiger partial charge in [0.05, 0.1) is 27.3 Å². The van der Waals surface area contributed by atoms with Gasteiger partial charge in [0.25, 0.3) is 0 Å². The Balaban J connectivity index is 2.63. The zero-order chi connectivity index (χ0) is 19.3. The highest BCUT2D eigenvalue weighted by atomic mass is 16.8. The average molecular weight is 360 g/mol. The molecule has 0 fully saturated rings. The first kappa shape index (κ1) is 19.1. The summed E-state index contributed by atoms with van der Waals surface area (Å²) in [5, 5.41) is 30.4. The molecule has 8 heteroatoms. The van der Waals surface area contributed by atoms with E-state index in [-0.39, 0.29) is 33.5 Å². The fourth-order valence-electron chi connectivity index (χ4n) is 2.36. The molecule has 0 saturated heterocycles. The molecule has 0 aliphatic carbocycles. The molecule has 26 heavy (non-hydrogen) atoms. The van der Waals surface area contributed by atoms with E-state index in [4.69, 9.17) is 14.2 Å². The van der Waals surface area contributed by atoms with E-state index in [0.29, 0.717) is 11.3 Å². The highest BCUT2D eigenvalue weighted by Crippen LogP contribution is 2.36. The second-order valence-electron chi connectivity index (χ2n) is 5.13. The van der Waals surface area contributed by atoms with Gasteiger partial charge in [0.2, 0.25) is 0 Å². The number of ether oxygens (including phenoxy) is 3. The number of carbonyl (C=O) groups excluding carboxylic acids is 1. The third kappa shape index (κ3) is 4.05. The van der Waals surface area contributed by atoms with Crippen molar-refractivity contribution in [2.24, 2.45) is 0 Å². The molecule has 0 aliphatic heterocycles. The molecule has 0 spiro atoms. The first-order valence-corrected chi connectivity index (χ1v) is 7.42. The third-order valence-corrected chi connectivity index (χ3v) is 3.67. The molecule has 0 bridgehead atoms. The number of rotatable bonds is 7. The van der Waals surface area contributed by atoms with Gasteiger partial charge in [-0.05, 0) is 29.8 Å². The van der Waals surface area contributed by atoms with Crippen LogP contribution in [-0.4, -0.2) is 37.7 Å². The molecular weight excluding hydrogens is 342 g/mol. The van der Waals surface area contributed by atoms with Crippen LogP contribution in [-0.2, 0) is 4.79 Å². The number of carboxylic acids is 1. The first-order chi connectivity index (χ1) is 12.4. The SMILES string of the molecule is COc1ccc(/C(=C\c2cc(OC)c(OC)cc2N(O)O)C(=O)[O-])cc1. The van der Waals surface area contributed by atoms with Gasteiger partial charge in [0, 0.05) is 17.2 Å². The van der Waals surface area contributed by atoms with Crippen LogP contribution in [0.5, 0.6) is 17.2 Å². The summed E-state index contributed by atoms with van der Waals surface area (Å²) in [6.45, 7) is 0. The van der Waals surface area contributed by atoms with Crippen LogP contribution in [0.15, 0.2) is 36.4 Å². The van der Waals surface area contributed by atoms with E-state index < -0.39 is 5.97 Å². The minimum Gasteiger partial charge on any atom is -0.545 e. The van der Waals surface area contributed by atoms with Crippen molar-refractivity contribution >= 4 is 23.3 Å². The quantitative estimate of drug-likeness (QED) is 0.435. The van der Waals surface area contributed by atoms with Gasteiger partial charge in [-0.3, -0.25) is 10.4 Å². The molecule has 0 aliphatic rings. The minimum atomic E-state index is -1.43. The summed E-state index contributed by atoms with van der Waals surface area (Å²) in [5.74, 6) is -0.336. The van der Waals surface area contributed by atoms with Gasteiger partial charge in [-0.1, -0.05) is 12.1 Å². The van der Waals surface area contributed by atoms with Crippen LogP contribution < -0.4 is 24.5 Å². The number of hydrogen-bond donors (Lipinski definition) is 2. The van der Waals surface area contributed by atoms with Gasteiger partial charge in [-0.2, -0.15) is 0 Å². The summed E-state index contributed by atoms with van der Waals surface area (Å²) in [7, 11) is 4.29. The van der Waals surface area contributed by atoms with Gasteiger partial charge >= 0.3 is 0 Å². The maximum Gasteiger partial charge on any atom is 0.163 e. The molecule has 0 atom stereocenters. The first-order valence-electron chi connectivity index (χ1n) is 7.42. The Morgan fingerprint density at radius 2 is 1.58 bits per heavy atom. The van der Waals surface area contributed by atoms with E-state index in [1.165, 1.54) is 39.5 Å². The smallest absolute Gasteiger partial charge is 0.163 e. The van der Waals surface area contributed by atoms with E-state index in [1.54, 1.807) is 24.3 Å². The molecule has 138 valence electrons. The number of hydrogen-bond acceptors (Lipinski definition) is 8. The Labute approximate surface area is 150 Å². The Bertz CT molecular complexity index is 813. The molecule has 8 nitrogen and oxygen atoms in total. The summed E-state index contributed by atoms with van der Waals surface area (Å²) >= 11 is 0. The van der Waals surface area contributed by atoms with Crippen LogP contribution in [0.1, 0.15) is 11.1 Å². The van der Waals surface area contributed by atoms with Gasteiger partial charge < -0.3 is 24.1 Å². The van der Waals surface area contributed by atoms with Crippen molar-refractivity contribution in [3.05, 3.63) is 47.5 Å². The fourth-order valence-corrected chi connectivity index (χ4v) is 2.36. The fraction of sp³-hybridized carbons (Fsp3) is 0.167. The van der Waals surface area contributed by atoms with Crippen molar-refractivity contribution in [1.29, 1.82) is 0 Å². The maximum atomic E-state index is 11.6. The number of carbonyl (C=O) groups is 1. The zero-order valence-corrected chi connectivity index (χ0v) is 14.4. The molecular formula is C18H18NO7-. The Morgan fingerprint density at radius 3 is 2.04 bits per heavy atom. The lowest BCUT2D eigenvalue weighted by molar-refractivity contribution is -0.295. The molecule has 2 aromatic rings. The van der Waals surface area contributed by atoms with E-state index in [1.807, 2.05) is 0 Å².